The van der Waals surface area contributed by atoms with Gasteiger partial charge < -0.3 is 4.74 Å². The third kappa shape index (κ3) is 3.47. The molecule has 6 nitrogen and oxygen atoms in total. The Morgan fingerprint density at radius 1 is 1.25 bits per heavy atom. The Morgan fingerprint density at radius 3 is 2.60 bits per heavy atom. The first kappa shape index (κ1) is 16.1. The van der Waals surface area contributed by atoms with Gasteiger partial charge in [0.15, 0.2) is 0 Å². The summed E-state index contributed by atoms with van der Waals surface area (Å²) in [5, 5.41) is 0. The maximum atomic E-state index is 12.7. The van der Waals surface area contributed by atoms with Gasteiger partial charge in [-0.3, -0.25) is 4.79 Å². The van der Waals surface area contributed by atoms with Crippen LogP contribution in [0.3, 0.4) is 0 Å². The third-order valence-corrected chi connectivity index (χ3v) is 6.60. The average molecular weight is 322 g/mol. The zero-order valence-electron chi connectivity index (χ0n) is 11.8. The minimum Gasteiger partial charge on any atom is -0.465 e. The van der Waals surface area contributed by atoms with Gasteiger partial charge in [-0.25, -0.2) is 0 Å². The van der Waals surface area contributed by atoms with E-state index in [1.807, 2.05) is 0 Å². The third-order valence-electron chi connectivity index (χ3n) is 3.61. The minimum atomic E-state index is -3.55. The predicted octanol–water partition coefficient (Wildman–Crippen LogP) is 0.698. The monoisotopic (exact) mass is 322 g/mol. The fourth-order valence-corrected chi connectivity index (χ4v) is 5.53. The molecule has 20 heavy (non-hydrogen) atoms. The number of carbonyl (C=O) groups is 1. The summed E-state index contributed by atoms with van der Waals surface area (Å²) < 4.78 is 33.3. The molecule has 2 aliphatic heterocycles. The van der Waals surface area contributed by atoms with Crippen LogP contribution in [0.4, 0.5) is 0 Å². The highest BCUT2D eigenvalue weighted by molar-refractivity contribution is 7.99. The molecule has 0 aromatic carbocycles. The zero-order chi connectivity index (χ0) is 14.6. The SMILES string of the molecule is CCOC(=O)[C@@H]1CCCCN1S(=O)(=O)N1CCSCC1. The molecule has 0 N–H and O–H groups in total. The van der Waals surface area contributed by atoms with Crippen molar-refractivity contribution in [3.63, 3.8) is 0 Å². The van der Waals surface area contributed by atoms with Gasteiger partial charge in [-0.15, -0.1) is 0 Å². The summed E-state index contributed by atoms with van der Waals surface area (Å²) in [5.41, 5.74) is 0. The molecular weight excluding hydrogens is 300 g/mol. The summed E-state index contributed by atoms with van der Waals surface area (Å²) in [5.74, 6) is 1.22. The van der Waals surface area contributed by atoms with Gasteiger partial charge in [0.2, 0.25) is 0 Å². The van der Waals surface area contributed by atoms with E-state index in [0.29, 0.717) is 26.1 Å². The van der Waals surface area contributed by atoms with Crippen molar-refractivity contribution in [2.24, 2.45) is 0 Å². The molecule has 1 atom stereocenters. The van der Waals surface area contributed by atoms with Crippen LogP contribution in [0, 0.1) is 0 Å². The molecule has 0 saturated carbocycles. The van der Waals surface area contributed by atoms with Crippen LogP contribution in [0.25, 0.3) is 0 Å². The molecule has 0 bridgehead atoms. The lowest BCUT2D eigenvalue weighted by Gasteiger charge is -2.37. The Hall–Kier alpha value is -0.310. The zero-order valence-corrected chi connectivity index (χ0v) is 13.4. The Bertz CT molecular complexity index is 435. The molecule has 2 aliphatic rings. The van der Waals surface area contributed by atoms with Crippen LogP contribution in [0.1, 0.15) is 26.2 Å². The van der Waals surface area contributed by atoms with Crippen LogP contribution in [0.15, 0.2) is 0 Å². The first-order chi connectivity index (χ1) is 9.57. The van der Waals surface area contributed by atoms with Crippen molar-refractivity contribution in [3.05, 3.63) is 0 Å². The van der Waals surface area contributed by atoms with E-state index in [1.165, 1.54) is 8.61 Å². The molecule has 2 fully saturated rings. The normalized spacial score (nSPS) is 26.4. The van der Waals surface area contributed by atoms with Gasteiger partial charge in [0.25, 0.3) is 10.2 Å². The number of rotatable bonds is 4. The second-order valence-electron chi connectivity index (χ2n) is 4.89. The quantitative estimate of drug-likeness (QED) is 0.713. The number of carbonyl (C=O) groups excluding carboxylic acids is 1. The molecule has 0 aromatic heterocycles. The molecule has 0 unspecified atom stereocenters. The van der Waals surface area contributed by atoms with Crippen LogP contribution in [0.5, 0.6) is 0 Å². The van der Waals surface area contributed by atoms with Gasteiger partial charge in [0, 0.05) is 31.1 Å². The molecular formula is C12H22N2O4S2. The van der Waals surface area contributed by atoms with E-state index in [2.05, 4.69) is 0 Å². The van der Waals surface area contributed by atoms with Crippen LogP contribution in [-0.2, 0) is 19.7 Å². The summed E-state index contributed by atoms with van der Waals surface area (Å²) in [6.07, 6.45) is 2.23. The Morgan fingerprint density at radius 2 is 1.95 bits per heavy atom. The van der Waals surface area contributed by atoms with Crippen molar-refractivity contribution in [2.45, 2.75) is 32.2 Å². The van der Waals surface area contributed by atoms with Crippen molar-refractivity contribution < 1.29 is 17.9 Å². The van der Waals surface area contributed by atoms with Crippen molar-refractivity contribution in [3.8, 4) is 0 Å². The second-order valence-corrected chi connectivity index (χ2v) is 8.00. The first-order valence-corrected chi connectivity index (χ1v) is 9.64. The van der Waals surface area contributed by atoms with E-state index >= 15 is 0 Å². The number of hydrogen-bond donors (Lipinski definition) is 0. The lowest BCUT2D eigenvalue weighted by Crippen LogP contribution is -2.55. The van der Waals surface area contributed by atoms with Gasteiger partial charge >= 0.3 is 5.97 Å². The highest BCUT2D eigenvalue weighted by atomic mass is 32.2. The summed E-state index contributed by atoms with van der Waals surface area (Å²) in [6, 6.07) is -0.650. The second kappa shape index (κ2) is 7.11. The minimum absolute atomic E-state index is 0.281. The Labute approximate surface area is 125 Å². The van der Waals surface area contributed by atoms with E-state index in [0.717, 1.165) is 24.3 Å². The highest BCUT2D eigenvalue weighted by Gasteiger charge is 2.40. The molecule has 0 spiro atoms. The Balaban J connectivity index is 2.15. The molecule has 2 saturated heterocycles. The number of ether oxygens (including phenoxy) is 1. The topological polar surface area (TPSA) is 66.9 Å². The molecule has 2 heterocycles. The van der Waals surface area contributed by atoms with Gasteiger partial charge in [0.1, 0.15) is 6.04 Å². The van der Waals surface area contributed by atoms with E-state index in [9.17, 15) is 13.2 Å². The van der Waals surface area contributed by atoms with E-state index in [-0.39, 0.29) is 6.61 Å². The molecule has 116 valence electrons. The largest absolute Gasteiger partial charge is 0.465 e. The van der Waals surface area contributed by atoms with Crippen molar-refractivity contribution in [2.75, 3.05) is 37.7 Å². The number of nitrogens with zero attached hydrogens (tertiary/aromatic N) is 2. The average Bonchev–Trinajstić information content (AvgIpc) is 2.48. The van der Waals surface area contributed by atoms with Crippen molar-refractivity contribution in [1.29, 1.82) is 0 Å². The maximum absolute atomic E-state index is 12.7. The van der Waals surface area contributed by atoms with Gasteiger partial charge in [0.05, 0.1) is 6.61 Å². The Kier molecular flexibility index (Phi) is 5.71. The molecule has 0 amide bonds. The van der Waals surface area contributed by atoms with Crippen LogP contribution in [0.2, 0.25) is 0 Å². The highest BCUT2D eigenvalue weighted by Crippen LogP contribution is 2.25. The van der Waals surface area contributed by atoms with Crippen LogP contribution >= 0.6 is 11.8 Å². The van der Waals surface area contributed by atoms with Crippen LogP contribution in [-0.4, -0.2) is 66.8 Å². The van der Waals surface area contributed by atoms with Crippen LogP contribution < -0.4 is 0 Å². The number of esters is 1. The smallest absolute Gasteiger partial charge is 0.324 e. The summed E-state index contributed by atoms with van der Waals surface area (Å²) in [7, 11) is -3.55. The summed E-state index contributed by atoms with van der Waals surface area (Å²) in [4.78, 5) is 12.0. The van der Waals surface area contributed by atoms with E-state index < -0.39 is 22.2 Å². The van der Waals surface area contributed by atoms with Crippen molar-refractivity contribution >= 4 is 27.9 Å². The van der Waals surface area contributed by atoms with E-state index in [1.54, 1.807) is 18.7 Å². The van der Waals surface area contributed by atoms with Gasteiger partial charge in [-0.1, -0.05) is 0 Å². The standard InChI is InChI=1S/C12H22N2O4S2/c1-2-18-12(15)11-5-3-4-6-14(11)20(16,17)13-7-9-19-10-8-13/h11H,2-10H2,1H3/t11-/m0/s1. The molecule has 0 aromatic rings. The summed E-state index contributed by atoms with van der Waals surface area (Å²) in [6.45, 7) is 3.48. The summed E-state index contributed by atoms with van der Waals surface area (Å²) >= 11 is 1.76. The van der Waals surface area contributed by atoms with Gasteiger partial charge in [-0.05, 0) is 26.2 Å². The molecule has 8 heteroatoms. The van der Waals surface area contributed by atoms with Crippen molar-refractivity contribution in [1.82, 2.24) is 8.61 Å². The molecule has 2 rings (SSSR count). The maximum Gasteiger partial charge on any atom is 0.324 e. The molecule has 0 aliphatic carbocycles. The predicted molar refractivity (Wildman–Crippen MR) is 78.8 cm³/mol. The van der Waals surface area contributed by atoms with Gasteiger partial charge in [-0.2, -0.15) is 28.8 Å². The fraction of sp³-hybridized carbons (Fsp3) is 0.917. The number of hydrogen-bond acceptors (Lipinski definition) is 5. The molecule has 0 radical (unpaired) electrons. The first-order valence-electron chi connectivity index (χ1n) is 7.08. The lowest BCUT2D eigenvalue weighted by atomic mass is 10.1. The lowest BCUT2D eigenvalue weighted by molar-refractivity contribution is -0.148. The number of thioether (sulfide) groups is 1. The number of piperidine rings is 1. The van der Waals surface area contributed by atoms with E-state index in [4.69, 9.17) is 4.74 Å². The fourth-order valence-electron chi connectivity index (χ4n) is 2.58.